The summed E-state index contributed by atoms with van der Waals surface area (Å²) in [6, 6.07) is 7.48. The second kappa shape index (κ2) is 4.23. The second-order valence-corrected chi connectivity index (χ2v) is 5.75. The molecule has 2 saturated carbocycles. The van der Waals surface area contributed by atoms with E-state index >= 15 is 0 Å². The zero-order valence-electron chi connectivity index (χ0n) is 10.2. The number of carbonyl (C=O) groups excluding carboxylic acids is 1. The molecule has 100 valence electrons. The van der Waals surface area contributed by atoms with Crippen LogP contribution in [0, 0.1) is 5.92 Å². The van der Waals surface area contributed by atoms with E-state index in [1.807, 2.05) is 24.3 Å². The van der Waals surface area contributed by atoms with E-state index in [-0.39, 0.29) is 17.7 Å². The molecular formula is C14H14ClNO3. The number of aliphatic carboxylic acids is 1. The van der Waals surface area contributed by atoms with Crippen molar-refractivity contribution >= 4 is 23.5 Å². The van der Waals surface area contributed by atoms with Gasteiger partial charge in [0.05, 0.1) is 0 Å². The fourth-order valence-corrected chi connectivity index (χ4v) is 2.73. The summed E-state index contributed by atoms with van der Waals surface area (Å²) in [5.41, 5.74) is -0.0190. The summed E-state index contributed by atoms with van der Waals surface area (Å²) >= 11 is 6.10. The molecule has 1 aromatic rings. The molecule has 3 rings (SSSR count). The predicted octanol–water partition coefficient (Wildman–Crippen LogP) is 2.18. The lowest BCUT2D eigenvalue weighted by Gasteiger charge is -2.12. The molecule has 2 atom stereocenters. The Balaban J connectivity index is 1.66. The normalized spacial score (nSPS) is 26.6. The number of carbonyl (C=O) groups is 2. The first-order valence-corrected chi connectivity index (χ1v) is 6.71. The largest absolute Gasteiger partial charge is 0.480 e. The Morgan fingerprint density at radius 2 is 2.00 bits per heavy atom. The van der Waals surface area contributed by atoms with Crippen LogP contribution < -0.4 is 5.32 Å². The van der Waals surface area contributed by atoms with E-state index in [2.05, 4.69) is 5.32 Å². The quantitative estimate of drug-likeness (QED) is 0.888. The molecule has 0 bridgehead atoms. The van der Waals surface area contributed by atoms with Crippen LogP contribution in [0.3, 0.4) is 0 Å². The molecule has 2 aliphatic rings. The summed E-state index contributed by atoms with van der Waals surface area (Å²) in [6.07, 6.45) is 1.79. The molecule has 0 unspecified atom stereocenters. The van der Waals surface area contributed by atoms with Crippen LogP contribution in [0.25, 0.3) is 0 Å². The summed E-state index contributed by atoms with van der Waals surface area (Å²) in [4.78, 5) is 23.1. The molecule has 0 aliphatic heterocycles. The van der Waals surface area contributed by atoms with Crippen LogP contribution in [0.2, 0.25) is 5.02 Å². The van der Waals surface area contributed by atoms with Gasteiger partial charge in [-0.05, 0) is 36.8 Å². The molecule has 0 heterocycles. The van der Waals surface area contributed by atoms with Gasteiger partial charge in [0.1, 0.15) is 5.54 Å². The van der Waals surface area contributed by atoms with Crippen LogP contribution >= 0.6 is 11.6 Å². The van der Waals surface area contributed by atoms with Gasteiger partial charge in [0.15, 0.2) is 0 Å². The maximum absolute atomic E-state index is 12.0. The minimum atomic E-state index is -0.995. The van der Waals surface area contributed by atoms with Crippen LogP contribution in [0.1, 0.15) is 30.7 Å². The first-order chi connectivity index (χ1) is 9.03. The Bertz CT molecular complexity index is 553. The molecule has 4 nitrogen and oxygen atoms in total. The van der Waals surface area contributed by atoms with Crippen molar-refractivity contribution in [2.45, 2.75) is 30.7 Å². The minimum absolute atomic E-state index is 0.123. The van der Waals surface area contributed by atoms with Crippen molar-refractivity contribution < 1.29 is 14.7 Å². The number of halogens is 1. The second-order valence-electron chi connectivity index (χ2n) is 5.35. The number of carboxylic acid groups (broad SMARTS) is 1. The molecule has 0 spiro atoms. The molecule has 0 aromatic heterocycles. The first kappa shape index (κ1) is 12.5. The molecule has 19 heavy (non-hydrogen) atoms. The van der Waals surface area contributed by atoms with E-state index in [1.165, 1.54) is 0 Å². The number of benzene rings is 1. The summed E-state index contributed by atoms with van der Waals surface area (Å²) in [7, 11) is 0. The van der Waals surface area contributed by atoms with Gasteiger partial charge in [-0.25, -0.2) is 4.79 Å². The highest BCUT2D eigenvalue weighted by Gasteiger charge is 2.55. The van der Waals surface area contributed by atoms with Gasteiger partial charge in [0.2, 0.25) is 5.91 Å². The lowest BCUT2D eigenvalue weighted by atomic mass is 10.1. The van der Waals surface area contributed by atoms with Crippen molar-refractivity contribution in [2.24, 2.45) is 5.92 Å². The number of hydrogen-bond acceptors (Lipinski definition) is 2. The van der Waals surface area contributed by atoms with E-state index in [0.717, 1.165) is 12.0 Å². The van der Waals surface area contributed by atoms with E-state index < -0.39 is 11.5 Å². The van der Waals surface area contributed by atoms with Gasteiger partial charge >= 0.3 is 5.97 Å². The summed E-state index contributed by atoms with van der Waals surface area (Å²) < 4.78 is 0. The summed E-state index contributed by atoms with van der Waals surface area (Å²) in [5.74, 6) is -1.12. The third-order valence-corrected chi connectivity index (χ3v) is 4.30. The standard InChI is InChI=1S/C14H14ClNO3/c15-11-4-2-1-3-8(11)9-7-10(9)12(17)16-14(5-6-14)13(18)19/h1-4,9-10H,5-7H2,(H,16,17)(H,18,19)/t9-,10+/m1/s1. The van der Waals surface area contributed by atoms with E-state index in [4.69, 9.17) is 16.7 Å². The van der Waals surface area contributed by atoms with Gasteiger partial charge in [0, 0.05) is 10.9 Å². The Hall–Kier alpha value is -1.55. The molecule has 2 aliphatic carbocycles. The highest BCUT2D eigenvalue weighted by atomic mass is 35.5. The minimum Gasteiger partial charge on any atom is -0.480 e. The van der Waals surface area contributed by atoms with Gasteiger partial charge in [-0.15, -0.1) is 0 Å². The Labute approximate surface area is 115 Å². The molecule has 1 aromatic carbocycles. The summed E-state index contributed by atoms with van der Waals surface area (Å²) in [6.45, 7) is 0. The molecule has 2 N–H and O–H groups in total. The molecule has 0 radical (unpaired) electrons. The smallest absolute Gasteiger partial charge is 0.329 e. The van der Waals surface area contributed by atoms with Gasteiger partial charge < -0.3 is 10.4 Å². The van der Waals surface area contributed by atoms with Crippen molar-refractivity contribution in [1.82, 2.24) is 5.32 Å². The maximum atomic E-state index is 12.0. The van der Waals surface area contributed by atoms with Gasteiger partial charge in [-0.3, -0.25) is 4.79 Å². The highest BCUT2D eigenvalue weighted by molar-refractivity contribution is 6.31. The van der Waals surface area contributed by atoms with Crippen LogP contribution in [0.4, 0.5) is 0 Å². The third-order valence-electron chi connectivity index (χ3n) is 3.95. The lowest BCUT2D eigenvalue weighted by molar-refractivity contribution is -0.143. The van der Waals surface area contributed by atoms with Crippen LogP contribution in [-0.4, -0.2) is 22.5 Å². The van der Waals surface area contributed by atoms with Crippen LogP contribution in [0.15, 0.2) is 24.3 Å². The topological polar surface area (TPSA) is 66.4 Å². The van der Waals surface area contributed by atoms with Crippen molar-refractivity contribution in [1.29, 1.82) is 0 Å². The number of amides is 1. The van der Waals surface area contributed by atoms with Gasteiger partial charge in [-0.1, -0.05) is 29.8 Å². The average molecular weight is 280 g/mol. The molecule has 0 saturated heterocycles. The van der Waals surface area contributed by atoms with Crippen LogP contribution in [-0.2, 0) is 9.59 Å². The van der Waals surface area contributed by atoms with Crippen molar-refractivity contribution in [2.75, 3.05) is 0 Å². The Morgan fingerprint density at radius 1 is 1.32 bits per heavy atom. The Morgan fingerprint density at radius 3 is 2.58 bits per heavy atom. The third kappa shape index (κ3) is 2.21. The Kier molecular flexibility index (Phi) is 2.78. The van der Waals surface area contributed by atoms with Crippen molar-refractivity contribution in [3.05, 3.63) is 34.9 Å². The predicted molar refractivity (Wildman–Crippen MR) is 70.0 cm³/mol. The first-order valence-electron chi connectivity index (χ1n) is 6.33. The molecule has 2 fully saturated rings. The number of rotatable bonds is 4. The van der Waals surface area contributed by atoms with Gasteiger partial charge in [0.25, 0.3) is 0 Å². The zero-order valence-corrected chi connectivity index (χ0v) is 11.0. The monoisotopic (exact) mass is 279 g/mol. The van der Waals surface area contributed by atoms with E-state index in [1.54, 1.807) is 0 Å². The zero-order chi connectivity index (χ0) is 13.6. The highest BCUT2D eigenvalue weighted by Crippen LogP contribution is 2.50. The number of carboxylic acids is 1. The fourth-order valence-electron chi connectivity index (χ4n) is 2.45. The average Bonchev–Trinajstić information content (AvgIpc) is 3.23. The van der Waals surface area contributed by atoms with Crippen molar-refractivity contribution in [3.63, 3.8) is 0 Å². The van der Waals surface area contributed by atoms with Gasteiger partial charge in [-0.2, -0.15) is 0 Å². The summed E-state index contributed by atoms with van der Waals surface area (Å²) in [5, 5.41) is 12.4. The van der Waals surface area contributed by atoms with Crippen LogP contribution in [0.5, 0.6) is 0 Å². The number of hydrogen-bond donors (Lipinski definition) is 2. The molecule has 5 heteroatoms. The lowest BCUT2D eigenvalue weighted by Crippen LogP contribution is -2.43. The molecule has 1 amide bonds. The van der Waals surface area contributed by atoms with E-state index in [0.29, 0.717) is 17.9 Å². The molecular weight excluding hydrogens is 266 g/mol. The van der Waals surface area contributed by atoms with E-state index in [9.17, 15) is 9.59 Å². The number of nitrogens with one attached hydrogen (secondary N) is 1. The SMILES string of the molecule is O=C(NC1(C(=O)O)CC1)[C@H]1C[C@@H]1c1ccccc1Cl. The maximum Gasteiger partial charge on any atom is 0.329 e. The fraction of sp³-hybridized carbons (Fsp3) is 0.429. The van der Waals surface area contributed by atoms with Crippen molar-refractivity contribution in [3.8, 4) is 0 Å².